The smallest absolute Gasteiger partial charge is 0.138 e. The molecule has 0 aromatic carbocycles. The molecule has 0 spiro atoms. The average Bonchev–Trinajstić information content (AvgIpc) is 3.39. The molecule has 1 aliphatic heterocycles. The number of anilines is 1. The molecule has 1 aliphatic rings. The van der Waals surface area contributed by atoms with Gasteiger partial charge in [-0.1, -0.05) is 0 Å². The van der Waals surface area contributed by atoms with E-state index in [2.05, 4.69) is 32.9 Å². The first-order valence-electron chi connectivity index (χ1n) is 9.13. The molecule has 1 saturated heterocycles. The first-order valence-corrected chi connectivity index (χ1v) is 9.13. The second-order valence-corrected chi connectivity index (χ2v) is 6.08. The number of pyridine rings is 2. The van der Waals surface area contributed by atoms with Crippen molar-refractivity contribution in [2.24, 2.45) is 5.73 Å². The Morgan fingerprint density at radius 2 is 2.00 bits per heavy atom. The number of rotatable bonds is 4. The molecule has 0 unspecified atom stereocenters. The van der Waals surface area contributed by atoms with E-state index in [-0.39, 0.29) is 0 Å². The summed E-state index contributed by atoms with van der Waals surface area (Å²) in [6.45, 7) is 4.65. The Morgan fingerprint density at radius 1 is 1.22 bits per heavy atom. The van der Waals surface area contributed by atoms with E-state index in [9.17, 15) is 5.26 Å². The highest BCUT2D eigenvalue weighted by Crippen LogP contribution is 2.31. The molecule has 27 heavy (non-hydrogen) atoms. The maximum atomic E-state index is 9.40. The molecule has 1 fully saturated rings. The summed E-state index contributed by atoms with van der Waals surface area (Å²) in [5.74, 6) is 1.73. The number of nitrogens with zero attached hydrogens (tertiary/aromatic N) is 5. The van der Waals surface area contributed by atoms with Crippen LogP contribution < -0.4 is 15.4 Å². The van der Waals surface area contributed by atoms with Crippen molar-refractivity contribution in [1.29, 1.82) is 5.26 Å². The normalized spacial score (nSPS) is 13.2. The van der Waals surface area contributed by atoms with Gasteiger partial charge >= 0.3 is 0 Å². The van der Waals surface area contributed by atoms with Crippen LogP contribution in [0.1, 0.15) is 25.3 Å². The second-order valence-electron chi connectivity index (χ2n) is 6.08. The molecule has 0 aliphatic carbocycles. The van der Waals surface area contributed by atoms with Gasteiger partial charge in [-0.25, -0.2) is 9.50 Å². The van der Waals surface area contributed by atoms with Crippen LogP contribution in [-0.4, -0.2) is 41.3 Å². The van der Waals surface area contributed by atoms with E-state index in [0.29, 0.717) is 12.2 Å². The van der Waals surface area contributed by atoms with E-state index >= 15 is 0 Å². The molecule has 0 atom stereocenters. The Labute approximate surface area is 159 Å². The summed E-state index contributed by atoms with van der Waals surface area (Å²) in [4.78, 5) is 6.93. The fraction of sp³-hybridized carbons (Fsp3) is 0.350. The highest BCUT2D eigenvalue weighted by molar-refractivity contribution is 5.85. The van der Waals surface area contributed by atoms with Gasteiger partial charge in [-0.05, 0) is 45.0 Å². The maximum Gasteiger partial charge on any atom is 0.138 e. The molecule has 7 nitrogen and oxygen atoms in total. The summed E-state index contributed by atoms with van der Waals surface area (Å²) in [7, 11) is 1.50. The predicted octanol–water partition coefficient (Wildman–Crippen LogP) is 2.84. The lowest BCUT2D eigenvalue weighted by Gasteiger charge is -2.16. The molecule has 0 amide bonds. The lowest BCUT2D eigenvalue weighted by molar-refractivity contribution is 0.338. The Balaban J connectivity index is 0.00000102. The Kier molecular flexibility index (Phi) is 5.89. The standard InChI is InChI=1S/C19H19N5O.CH5N/c1-2-25-16-9-17(19-15(10-20)12-22-24(19)13-16)14-5-6-18(21-11-14)23-7-3-4-8-23;1-2/h5-6,9,11-13H,2-4,7-8H2,1H3;2H2,1H3. The van der Waals surface area contributed by atoms with E-state index < -0.39 is 0 Å². The van der Waals surface area contributed by atoms with Crippen molar-refractivity contribution in [1.82, 2.24) is 14.6 Å². The molecular weight excluding hydrogens is 340 g/mol. The highest BCUT2D eigenvalue weighted by atomic mass is 16.5. The fourth-order valence-corrected chi connectivity index (χ4v) is 3.32. The Bertz CT molecular complexity index is 936. The third-order valence-corrected chi connectivity index (χ3v) is 4.51. The molecule has 4 rings (SSSR count). The van der Waals surface area contributed by atoms with Crippen LogP contribution in [0.25, 0.3) is 16.6 Å². The van der Waals surface area contributed by atoms with E-state index in [4.69, 9.17) is 4.74 Å². The predicted molar refractivity (Wildman–Crippen MR) is 106 cm³/mol. The van der Waals surface area contributed by atoms with Crippen molar-refractivity contribution in [3.8, 4) is 22.9 Å². The van der Waals surface area contributed by atoms with Crippen LogP contribution in [-0.2, 0) is 0 Å². The number of fused-ring (bicyclic) bond motifs is 1. The molecule has 4 heterocycles. The van der Waals surface area contributed by atoms with Crippen LogP contribution in [0.5, 0.6) is 5.75 Å². The minimum absolute atomic E-state index is 0.543. The number of aromatic nitrogens is 3. The van der Waals surface area contributed by atoms with E-state index in [1.807, 2.05) is 25.3 Å². The average molecular weight is 364 g/mol. The molecule has 2 N–H and O–H groups in total. The van der Waals surface area contributed by atoms with E-state index in [1.165, 1.54) is 19.9 Å². The van der Waals surface area contributed by atoms with Crippen molar-refractivity contribution >= 4 is 11.3 Å². The summed E-state index contributed by atoms with van der Waals surface area (Å²) in [5, 5.41) is 13.7. The van der Waals surface area contributed by atoms with Gasteiger partial charge in [0.05, 0.1) is 30.1 Å². The van der Waals surface area contributed by atoms with Crippen molar-refractivity contribution in [3.05, 3.63) is 42.4 Å². The molecule has 3 aromatic heterocycles. The van der Waals surface area contributed by atoms with Crippen LogP contribution in [0.2, 0.25) is 0 Å². The number of hydrogen-bond donors (Lipinski definition) is 1. The number of nitrogens with two attached hydrogens (primary N) is 1. The largest absolute Gasteiger partial charge is 0.492 e. The molecule has 7 heteroatoms. The van der Waals surface area contributed by atoms with Crippen LogP contribution in [0.3, 0.4) is 0 Å². The molecule has 0 bridgehead atoms. The maximum absolute atomic E-state index is 9.40. The second kappa shape index (κ2) is 8.52. The zero-order chi connectivity index (χ0) is 19.2. The molecule has 0 radical (unpaired) electrons. The van der Waals surface area contributed by atoms with Crippen LogP contribution in [0.4, 0.5) is 5.82 Å². The van der Waals surface area contributed by atoms with Crippen molar-refractivity contribution in [2.45, 2.75) is 19.8 Å². The lowest BCUT2D eigenvalue weighted by atomic mass is 10.1. The van der Waals surface area contributed by atoms with Gasteiger partial charge in [-0.15, -0.1) is 0 Å². The summed E-state index contributed by atoms with van der Waals surface area (Å²) >= 11 is 0. The van der Waals surface area contributed by atoms with Crippen LogP contribution in [0.15, 0.2) is 36.8 Å². The van der Waals surface area contributed by atoms with Gasteiger partial charge < -0.3 is 15.4 Å². The van der Waals surface area contributed by atoms with Crippen LogP contribution >= 0.6 is 0 Å². The first kappa shape index (κ1) is 18.7. The highest BCUT2D eigenvalue weighted by Gasteiger charge is 2.16. The first-order chi connectivity index (χ1) is 13.3. The lowest BCUT2D eigenvalue weighted by Crippen LogP contribution is -2.18. The molecule has 3 aromatic rings. The quantitative estimate of drug-likeness (QED) is 0.765. The summed E-state index contributed by atoms with van der Waals surface area (Å²) in [6, 6.07) is 8.27. The van der Waals surface area contributed by atoms with Gasteiger partial charge in [-0.3, -0.25) is 0 Å². The SMILES string of the molecule is CCOc1cc(-c2ccc(N3CCCC3)nc2)c2c(C#N)cnn2c1.CN. The zero-order valence-electron chi connectivity index (χ0n) is 15.7. The van der Waals surface area contributed by atoms with Crippen molar-refractivity contribution < 1.29 is 4.74 Å². The van der Waals surface area contributed by atoms with Gasteiger partial charge in [0.2, 0.25) is 0 Å². The van der Waals surface area contributed by atoms with Gasteiger partial charge in [-0.2, -0.15) is 10.4 Å². The third-order valence-electron chi connectivity index (χ3n) is 4.51. The summed E-state index contributed by atoms with van der Waals surface area (Å²) < 4.78 is 7.35. The molecule has 0 saturated carbocycles. The van der Waals surface area contributed by atoms with Gasteiger partial charge in [0.25, 0.3) is 0 Å². The Hall–Kier alpha value is -3.11. The fourth-order valence-electron chi connectivity index (χ4n) is 3.32. The van der Waals surface area contributed by atoms with Crippen LogP contribution in [0, 0.1) is 11.3 Å². The van der Waals surface area contributed by atoms with Gasteiger partial charge in [0.1, 0.15) is 17.6 Å². The monoisotopic (exact) mass is 364 g/mol. The van der Waals surface area contributed by atoms with E-state index in [0.717, 1.165) is 41.3 Å². The van der Waals surface area contributed by atoms with Gasteiger partial charge in [0.15, 0.2) is 0 Å². The Morgan fingerprint density at radius 3 is 2.63 bits per heavy atom. The zero-order valence-corrected chi connectivity index (χ0v) is 15.7. The molecule has 140 valence electrons. The van der Waals surface area contributed by atoms with E-state index in [1.54, 1.807) is 16.9 Å². The number of nitriles is 1. The topological polar surface area (TPSA) is 92.5 Å². The number of hydrogen-bond acceptors (Lipinski definition) is 6. The third kappa shape index (κ3) is 3.71. The van der Waals surface area contributed by atoms with Crippen molar-refractivity contribution in [3.63, 3.8) is 0 Å². The van der Waals surface area contributed by atoms with Crippen molar-refractivity contribution in [2.75, 3.05) is 31.6 Å². The summed E-state index contributed by atoms with van der Waals surface area (Å²) in [5.41, 5.74) is 7.68. The number of ether oxygens (including phenoxy) is 1. The minimum atomic E-state index is 0.543. The summed E-state index contributed by atoms with van der Waals surface area (Å²) in [6.07, 6.45) is 7.70. The minimum Gasteiger partial charge on any atom is -0.492 e. The molecular formula is C20H24N6O. The van der Waals surface area contributed by atoms with Gasteiger partial charge in [0, 0.05) is 30.4 Å².